The maximum atomic E-state index is 14.0. The van der Waals surface area contributed by atoms with E-state index in [0.717, 1.165) is 12.1 Å². The van der Waals surface area contributed by atoms with Crippen LogP contribution in [0.3, 0.4) is 0 Å². The molecule has 132 valence electrons. The number of rotatable bonds is 6. The van der Waals surface area contributed by atoms with Gasteiger partial charge in [0, 0.05) is 18.2 Å². The summed E-state index contributed by atoms with van der Waals surface area (Å²) < 4.78 is 28.0. The lowest BCUT2D eigenvalue weighted by Gasteiger charge is -2.19. The first-order valence-corrected chi connectivity index (χ1v) is 7.61. The van der Waals surface area contributed by atoms with Crippen LogP contribution in [-0.4, -0.2) is 16.9 Å². The fourth-order valence-corrected chi connectivity index (χ4v) is 2.46. The summed E-state index contributed by atoms with van der Waals surface area (Å²) in [5, 5.41) is 14.1. The molecular weight excluding hydrogens is 330 g/mol. The second kappa shape index (κ2) is 8.34. The summed E-state index contributed by atoms with van der Waals surface area (Å²) in [7, 11) is 0. The average Bonchev–Trinajstić information content (AvgIpc) is 2.54. The molecule has 2 rings (SSSR count). The molecule has 2 amide bonds. The summed E-state index contributed by atoms with van der Waals surface area (Å²) in [6.45, 7) is 1.02. The highest BCUT2D eigenvalue weighted by Crippen LogP contribution is 2.24. The van der Waals surface area contributed by atoms with Gasteiger partial charge in [-0.2, -0.15) is 0 Å². The molecule has 7 heteroatoms. The van der Waals surface area contributed by atoms with Gasteiger partial charge in [-0.15, -0.1) is 0 Å². The van der Waals surface area contributed by atoms with Crippen molar-refractivity contribution in [3.63, 3.8) is 0 Å². The molecule has 0 fully saturated rings. The molecule has 0 heterocycles. The van der Waals surface area contributed by atoms with E-state index in [4.69, 9.17) is 5.11 Å². The first kappa shape index (κ1) is 18.5. The van der Waals surface area contributed by atoms with E-state index >= 15 is 0 Å². The first-order chi connectivity index (χ1) is 11.9. The van der Waals surface area contributed by atoms with Crippen LogP contribution in [0, 0.1) is 11.6 Å². The third kappa shape index (κ3) is 5.09. The zero-order valence-corrected chi connectivity index (χ0v) is 13.6. The Morgan fingerprint density at radius 3 is 2.36 bits per heavy atom. The number of carbonyl (C=O) groups is 2. The standard InChI is InChI=1S/C18H18F2N2O3/c1-11(24)21-16(18-14(19)6-3-7-15(18)20)9-17(25)22-13-5-2-4-12(8-13)10-23/h2-8,16,23H,9-10H2,1H3,(H,21,24)(H,22,25). The number of anilines is 1. The fraction of sp³-hybridized carbons (Fsp3) is 0.222. The number of hydrogen-bond acceptors (Lipinski definition) is 3. The van der Waals surface area contributed by atoms with Crippen molar-refractivity contribution in [1.82, 2.24) is 5.32 Å². The van der Waals surface area contributed by atoms with Crippen LogP contribution in [0.5, 0.6) is 0 Å². The van der Waals surface area contributed by atoms with Crippen molar-refractivity contribution in [2.45, 2.75) is 26.0 Å². The molecule has 0 aromatic heterocycles. The topological polar surface area (TPSA) is 78.4 Å². The van der Waals surface area contributed by atoms with Gasteiger partial charge in [0.05, 0.1) is 19.1 Å². The van der Waals surface area contributed by atoms with Crippen LogP contribution >= 0.6 is 0 Å². The lowest BCUT2D eigenvalue weighted by Crippen LogP contribution is -2.31. The highest BCUT2D eigenvalue weighted by Gasteiger charge is 2.23. The van der Waals surface area contributed by atoms with E-state index in [1.165, 1.54) is 13.0 Å². The van der Waals surface area contributed by atoms with Gasteiger partial charge >= 0.3 is 0 Å². The Kier molecular flexibility index (Phi) is 6.19. The van der Waals surface area contributed by atoms with Crippen molar-refractivity contribution in [3.8, 4) is 0 Å². The van der Waals surface area contributed by atoms with E-state index in [2.05, 4.69) is 10.6 Å². The van der Waals surface area contributed by atoms with Crippen molar-refractivity contribution in [3.05, 3.63) is 65.2 Å². The zero-order valence-electron chi connectivity index (χ0n) is 13.6. The number of aliphatic hydroxyl groups is 1. The molecular formula is C18H18F2N2O3. The van der Waals surface area contributed by atoms with Gasteiger partial charge < -0.3 is 15.7 Å². The van der Waals surface area contributed by atoms with Crippen molar-refractivity contribution in [2.24, 2.45) is 0 Å². The maximum Gasteiger partial charge on any atom is 0.226 e. The smallest absolute Gasteiger partial charge is 0.226 e. The lowest BCUT2D eigenvalue weighted by atomic mass is 10.0. The number of amides is 2. The molecule has 0 aliphatic carbocycles. The average molecular weight is 348 g/mol. The summed E-state index contributed by atoms with van der Waals surface area (Å²) in [6.07, 6.45) is -0.346. The molecule has 0 saturated heterocycles. The zero-order chi connectivity index (χ0) is 18.4. The number of hydrogen-bond donors (Lipinski definition) is 3. The largest absolute Gasteiger partial charge is 0.392 e. The molecule has 0 aliphatic heterocycles. The van der Waals surface area contributed by atoms with Crippen molar-refractivity contribution in [1.29, 1.82) is 0 Å². The Labute approximate surface area is 143 Å². The molecule has 5 nitrogen and oxygen atoms in total. The molecule has 2 aromatic carbocycles. The van der Waals surface area contributed by atoms with E-state index in [1.807, 2.05) is 0 Å². The third-order valence-corrected chi connectivity index (χ3v) is 3.51. The lowest BCUT2D eigenvalue weighted by molar-refractivity contribution is -0.120. The third-order valence-electron chi connectivity index (χ3n) is 3.51. The molecule has 0 aliphatic rings. The minimum Gasteiger partial charge on any atom is -0.392 e. The molecule has 3 N–H and O–H groups in total. The van der Waals surface area contributed by atoms with E-state index < -0.39 is 29.5 Å². The number of nitrogens with one attached hydrogen (secondary N) is 2. The second-order valence-corrected chi connectivity index (χ2v) is 5.50. The number of halogens is 2. The molecule has 1 unspecified atom stereocenters. The van der Waals surface area contributed by atoms with E-state index in [0.29, 0.717) is 11.3 Å². The predicted molar refractivity (Wildman–Crippen MR) is 88.5 cm³/mol. The van der Waals surface area contributed by atoms with E-state index in [1.54, 1.807) is 24.3 Å². The summed E-state index contributed by atoms with van der Waals surface area (Å²) >= 11 is 0. The Hall–Kier alpha value is -2.80. The molecule has 0 bridgehead atoms. The summed E-state index contributed by atoms with van der Waals surface area (Å²) in [5.74, 6) is -2.72. The SMILES string of the molecule is CC(=O)NC(CC(=O)Nc1cccc(CO)c1)c1c(F)cccc1F. The van der Waals surface area contributed by atoms with Gasteiger partial charge in [0.15, 0.2) is 0 Å². The Morgan fingerprint density at radius 1 is 1.12 bits per heavy atom. The van der Waals surface area contributed by atoms with Gasteiger partial charge in [0.2, 0.25) is 11.8 Å². The van der Waals surface area contributed by atoms with Crippen LogP contribution in [0.25, 0.3) is 0 Å². The highest BCUT2D eigenvalue weighted by atomic mass is 19.1. The maximum absolute atomic E-state index is 14.0. The first-order valence-electron chi connectivity index (χ1n) is 7.61. The quantitative estimate of drug-likeness (QED) is 0.751. The Bertz CT molecular complexity index is 760. The number of carbonyl (C=O) groups excluding carboxylic acids is 2. The van der Waals surface area contributed by atoms with Crippen LogP contribution in [0.2, 0.25) is 0 Å². The molecule has 1 atom stereocenters. The van der Waals surface area contributed by atoms with E-state index in [-0.39, 0.29) is 18.6 Å². The van der Waals surface area contributed by atoms with Crippen molar-refractivity contribution in [2.75, 3.05) is 5.32 Å². The molecule has 2 aromatic rings. The molecule has 25 heavy (non-hydrogen) atoms. The van der Waals surface area contributed by atoms with Crippen LogP contribution in [0.15, 0.2) is 42.5 Å². The molecule has 0 radical (unpaired) electrons. The second-order valence-electron chi connectivity index (χ2n) is 5.50. The molecule has 0 spiro atoms. The van der Waals surface area contributed by atoms with E-state index in [9.17, 15) is 18.4 Å². The number of benzene rings is 2. The van der Waals surface area contributed by atoms with Crippen LogP contribution < -0.4 is 10.6 Å². The Morgan fingerprint density at radius 2 is 1.76 bits per heavy atom. The Balaban J connectivity index is 2.19. The number of aliphatic hydroxyl groups excluding tert-OH is 1. The predicted octanol–water partition coefficient (Wildman–Crippen LogP) is 2.66. The van der Waals surface area contributed by atoms with Gasteiger partial charge in [-0.05, 0) is 29.8 Å². The van der Waals surface area contributed by atoms with Crippen LogP contribution in [0.1, 0.15) is 30.5 Å². The van der Waals surface area contributed by atoms with Crippen molar-refractivity contribution < 1.29 is 23.5 Å². The highest BCUT2D eigenvalue weighted by molar-refractivity contribution is 5.91. The van der Waals surface area contributed by atoms with Gasteiger partial charge in [-0.1, -0.05) is 18.2 Å². The summed E-state index contributed by atoms with van der Waals surface area (Å²) in [6, 6.07) is 8.74. The van der Waals surface area contributed by atoms with Gasteiger partial charge in [0.25, 0.3) is 0 Å². The molecule has 0 saturated carbocycles. The van der Waals surface area contributed by atoms with Crippen molar-refractivity contribution >= 4 is 17.5 Å². The normalized spacial score (nSPS) is 11.7. The van der Waals surface area contributed by atoms with Gasteiger partial charge in [-0.3, -0.25) is 9.59 Å². The summed E-state index contributed by atoms with van der Waals surface area (Å²) in [5.41, 5.74) is 0.681. The monoisotopic (exact) mass is 348 g/mol. The minimum atomic E-state index is -1.14. The van der Waals surface area contributed by atoms with Crippen LogP contribution in [0.4, 0.5) is 14.5 Å². The van der Waals surface area contributed by atoms with Crippen LogP contribution in [-0.2, 0) is 16.2 Å². The fourth-order valence-electron chi connectivity index (χ4n) is 2.46. The minimum absolute atomic E-state index is 0.182. The van der Waals surface area contributed by atoms with Gasteiger partial charge in [-0.25, -0.2) is 8.78 Å². The summed E-state index contributed by atoms with van der Waals surface area (Å²) in [4.78, 5) is 23.6. The van der Waals surface area contributed by atoms with Gasteiger partial charge in [0.1, 0.15) is 11.6 Å².